The fourth-order valence-corrected chi connectivity index (χ4v) is 4.76. The lowest BCUT2D eigenvalue weighted by Crippen LogP contribution is -2.38. The summed E-state index contributed by atoms with van der Waals surface area (Å²) in [5.41, 5.74) is 2.53. The van der Waals surface area contributed by atoms with E-state index in [4.69, 9.17) is 4.42 Å². The van der Waals surface area contributed by atoms with Gasteiger partial charge in [0.2, 0.25) is 5.91 Å². The highest BCUT2D eigenvalue weighted by Gasteiger charge is 2.27. The van der Waals surface area contributed by atoms with Crippen LogP contribution in [0.25, 0.3) is 11.1 Å². The summed E-state index contributed by atoms with van der Waals surface area (Å²) in [7, 11) is 0. The van der Waals surface area contributed by atoms with Crippen molar-refractivity contribution in [3.8, 4) is 0 Å². The zero-order chi connectivity index (χ0) is 21.0. The zero-order valence-electron chi connectivity index (χ0n) is 17.0. The van der Waals surface area contributed by atoms with Crippen LogP contribution in [0.4, 0.5) is 11.7 Å². The number of carbonyl (C=O) groups excluding carboxylic acids is 1. The van der Waals surface area contributed by atoms with Crippen LogP contribution >= 0.6 is 11.8 Å². The number of amides is 1. The second kappa shape index (κ2) is 8.86. The number of aromatic nitrogens is 1. The molecular weight excluding hydrogens is 406 g/mol. The van der Waals surface area contributed by atoms with Gasteiger partial charge in [-0.25, -0.2) is 0 Å². The van der Waals surface area contributed by atoms with E-state index in [0.29, 0.717) is 6.01 Å². The number of benzene rings is 3. The van der Waals surface area contributed by atoms with Crippen LogP contribution < -0.4 is 10.2 Å². The van der Waals surface area contributed by atoms with Gasteiger partial charge in [0, 0.05) is 28.8 Å². The molecule has 0 radical (unpaired) electrons. The van der Waals surface area contributed by atoms with E-state index in [-0.39, 0.29) is 11.8 Å². The molecule has 1 aliphatic heterocycles. The average molecular weight is 430 g/mol. The van der Waals surface area contributed by atoms with Crippen LogP contribution in [0.15, 0.2) is 93.1 Å². The first-order valence-corrected chi connectivity index (χ1v) is 11.3. The number of hydrogen-bond donors (Lipinski definition) is 1. The molecule has 0 bridgehead atoms. The number of nitrogens with one attached hydrogen (secondary N) is 1. The van der Waals surface area contributed by atoms with Gasteiger partial charge in [0.05, 0.1) is 5.69 Å². The van der Waals surface area contributed by atoms with Gasteiger partial charge < -0.3 is 14.6 Å². The van der Waals surface area contributed by atoms with Crippen molar-refractivity contribution in [2.75, 3.05) is 23.3 Å². The fraction of sp³-hybridized carbons (Fsp3) is 0.200. The van der Waals surface area contributed by atoms with Crippen LogP contribution in [-0.2, 0) is 4.79 Å². The molecule has 0 unspecified atom stereocenters. The first kappa shape index (κ1) is 19.7. The Morgan fingerprint density at radius 1 is 0.935 bits per heavy atom. The zero-order valence-corrected chi connectivity index (χ0v) is 17.8. The van der Waals surface area contributed by atoms with Crippen molar-refractivity contribution in [2.24, 2.45) is 5.92 Å². The van der Waals surface area contributed by atoms with Gasteiger partial charge in [-0.1, -0.05) is 54.2 Å². The summed E-state index contributed by atoms with van der Waals surface area (Å²) in [6.45, 7) is 1.51. The standard InChI is InChI=1S/C25H23N3O2S/c29-24(26-21-11-5-7-13-23(21)31-19-8-2-1-3-9-19)18-14-16-28(17-15-18)25-27-20-10-4-6-12-22(20)30-25/h1-13,18H,14-17H2,(H,26,29). The Balaban J connectivity index is 1.22. The topological polar surface area (TPSA) is 58.4 Å². The third-order valence-corrected chi connectivity index (χ3v) is 6.62. The molecule has 1 saturated heterocycles. The third kappa shape index (κ3) is 4.44. The molecule has 4 aromatic rings. The molecule has 1 N–H and O–H groups in total. The smallest absolute Gasteiger partial charge is 0.298 e. The van der Waals surface area contributed by atoms with Crippen LogP contribution in [0.5, 0.6) is 0 Å². The van der Waals surface area contributed by atoms with Gasteiger partial charge in [-0.15, -0.1) is 0 Å². The van der Waals surface area contributed by atoms with E-state index in [9.17, 15) is 4.79 Å². The molecule has 1 fully saturated rings. The molecule has 5 rings (SSSR count). The lowest BCUT2D eigenvalue weighted by atomic mass is 9.96. The summed E-state index contributed by atoms with van der Waals surface area (Å²) < 4.78 is 5.88. The van der Waals surface area contributed by atoms with Gasteiger partial charge in [-0.05, 0) is 49.2 Å². The van der Waals surface area contributed by atoms with Gasteiger partial charge in [-0.3, -0.25) is 4.79 Å². The predicted octanol–water partition coefficient (Wildman–Crippen LogP) is 5.83. The lowest BCUT2D eigenvalue weighted by Gasteiger charge is -2.30. The molecule has 1 aromatic heterocycles. The second-order valence-corrected chi connectivity index (χ2v) is 8.74. The number of anilines is 2. The number of para-hydroxylation sites is 3. The molecule has 0 spiro atoms. The van der Waals surface area contributed by atoms with Gasteiger partial charge in [0.1, 0.15) is 5.52 Å². The average Bonchev–Trinajstić information content (AvgIpc) is 3.25. The maximum absolute atomic E-state index is 13.0. The molecule has 1 aliphatic rings. The molecule has 2 heterocycles. The molecule has 5 nitrogen and oxygen atoms in total. The van der Waals surface area contributed by atoms with E-state index < -0.39 is 0 Å². The Labute approximate surface area is 185 Å². The predicted molar refractivity (Wildman–Crippen MR) is 125 cm³/mol. The maximum atomic E-state index is 13.0. The number of oxazole rings is 1. The Kier molecular flexibility index (Phi) is 5.63. The highest BCUT2D eigenvalue weighted by molar-refractivity contribution is 7.99. The van der Waals surface area contributed by atoms with Gasteiger partial charge in [0.15, 0.2) is 5.58 Å². The normalized spacial score (nSPS) is 14.6. The number of nitrogens with zero attached hydrogens (tertiary/aromatic N) is 2. The van der Waals surface area contributed by atoms with Gasteiger partial charge >= 0.3 is 0 Å². The van der Waals surface area contributed by atoms with Gasteiger partial charge in [0.25, 0.3) is 6.01 Å². The highest BCUT2D eigenvalue weighted by Crippen LogP contribution is 2.34. The minimum atomic E-state index is -0.0181. The number of hydrogen-bond acceptors (Lipinski definition) is 5. The van der Waals surface area contributed by atoms with E-state index in [2.05, 4.69) is 27.3 Å². The molecule has 0 atom stereocenters. The van der Waals surface area contributed by atoms with E-state index in [1.807, 2.05) is 66.7 Å². The third-order valence-electron chi connectivity index (χ3n) is 5.53. The summed E-state index contributed by atoms with van der Waals surface area (Å²) in [6.07, 6.45) is 1.55. The molecule has 3 aromatic carbocycles. The van der Waals surface area contributed by atoms with Crippen molar-refractivity contribution >= 4 is 40.5 Å². The quantitative estimate of drug-likeness (QED) is 0.432. The molecule has 31 heavy (non-hydrogen) atoms. The molecule has 0 aliphatic carbocycles. The van der Waals surface area contributed by atoms with Gasteiger partial charge in [-0.2, -0.15) is 4.98 Å². The van der Waals surface area contributed by atoms with Crippen molar-refractivity contribution in [3.63, 3.8) is 0 Å². The molecule has 6 heteroatoms. The first-order chi connectivity index (χ1) is 15.3. The Bertz CT molecular complexity index is 1150. The molecular formula is C25H23N3O2S. The summed E-state index contributed by atoms with van der Waals surface area (Å²) in [6, 6.07) is 26.6. The monoisotopic (exact) mass is 429 g/mol. The Hall–Kier alpha value is -3.25. The largest absolute Gasteiger partial charge is 0.423 e. The minimum absolute atomic E-state index is 0.0181. The van der Waals surface area contributed by atoms with Crippen LogP contribution in [0.1, 0.15) is 12.8 Å². The van der Waals surface area contributed by atoms with E-state index in [1.54, 1.807) is 11.8 Å². The molecule has 156 valence electrons. The fourth-order valence-electron chi connectivity index (χ4n) is 3.84. The Morgan fingerprint density at radius 3 is 2.45 bits per heavy atom. The second-order valence-electron chi connectivity index (χ2n) is 7.63. The van der Waals surface area contributed by atoms with E-state index in [0.717, 1.165) is 52.5 Å². The summed E-state index contributed by atoms with van der Waals surface area (Å²) in [5.74, 6) is 0.0636. The minimum Gasteiger partial charge on any atom is -0.423 e. The van der Waals surface area contributed by atoms with E-state index in [1.165, 1.54) is 0 Å². The van der Waals surface area contributed by atoms with Crippen molar-refractivity contribution in [3.05, 3.63) is 78.9 Å². The van der Waals surface area contributed by atoms with Crippen LogP contribution in [0.2, 0.25) is 0 Å². The van der Waals surface area contributed by atoms with Crippen LogP contribution in [-0.4, -0.2) is 24.0 Å². The SMILES string of the molecule is O=C(Nc1ccccc1Sc1ccccc1)C1CCN(c2nc3ccccc3o2)CC1. The summed E-state index contributed by atoms with van der Waals surface area (Å²) >= 11 is 1.66. The summed E-state index contributed by atoms with van der Waals surface area (Å²) in [5, 5.41) is 3.16. The number of rotatable bonds is 5. The van der Waals surface area contributed by atoms with Crippen molar-refractivity contribution in [2.45, 2.75) is 22.6 Å². The van der Waals surface area contributed by atoms with E-state index >= 15 is 0 Å². The Morgan fingerprint density at radius 2 is 1.65 bits per heavy atom. The van der Waals surface area contributed by atoms with Crippen LogP contribution in [0, 0.1) is 5.92 Å². The number of carbonyl (C=O) groups is 1. The summed E-state index contributed by atoms with van der Waals surface area (Å²) in [4.78, 5) is 21.9. The highest BCUT2D eigenvalue weighted by atomic mass is 32.2. The van der Waals surface area contributed by atoms with Crippen molar-refractivity contribution < 1.29 is 9.21 Å². The van der Waals surface area contributed by atoms with Crippen molar-refractivity contribution in [1.82, 2.24) is 4.98 Å². The van der Waals surface area contributed by atoms with Crippen LogP contribution in [0.3, 0.4) is 0 Å². The van der Waals surface area contributed by atoms with Crippen molar-refractivity contribution in [1.29, 1.82) is 0 Å². The first-order valence-electron chi connectivity index (χ1n) is 10.5. The lowest BCUT2D eigenvalue weighted by molar-refractivity contribution is -0.120. The maximum Gasteiger partial charge on any atom is 0.298 e. The molecule has 0 saturated carbocycles. The molecule has 1 amide bonds. The number of piperidine rings is 1. The number of fused-ring (bicyclic) bond motifs is 1.